The minimum absolute atomic E-state index is 0.127. The van der Waals surface area contributed by atoms with Gasteiger partial charge in [0.2, 0.25) is 5.91 Å². The molecule has 0 spiro atoms. The van der Waals surface area contributed by atoms with E-state index in [2.05, 4.69) is 13.8 Å². The zero-order valence-electron chi connectivity index (χ0n) is 10.0. The predicted molar refractivity (Wildman–Crippen MR) is 62.5 cm³/mol. The maximum Gasteiger partial charge on any atom is 0.236 e. The molecule has 0 aromatic heterocycles. The summed E-state index contributed by atoms with van der Waals surface area (Å²) in [6, 6.07) is 0.434. The van der Waals surface area contributed by atoms with Crippen molar-refractivity contribution in [1.29, 1.82) is 0 Å². The number of nitrogens with two attached hydrogens (primary N) is 1. The van der Waals surface area contributed by atoms with Crippen LogP contribution in [0.1, 0.15) is 46.0 Å². The summed E-state index contributed by atoms with van der Waals surface area (Å²) in [6.07, 6.45) is 5.92. The Kier molecular flexibility index (Phi) is 5.09. The molecule has 3 nitrogen and oxygen atoms in total. The Morgan fingerprint density at radius 2 is 2.13 bits per heavy atom. The monoisotopic (exact) mass is 212 g/mol. The average molecular weight is 212 g/mol. The van der Waals surface area contributed by atoms with E-state index in [1.54, 1.807) is 0 Å². The second kappa shape index (κ2) is 6.11. The highest BCUT2D eigenvalue weighted by Crippen LogP contribution is 2.22. The Morgan fingerprint density at radius 3 is 2.73 bits per heavy atom. The van der Waals surface area contributed by atoms with Gasteiger partial charge < -0.3 is 10.6 Å². The van der Waals surface area contributed by atoms with E-state index in [4.69, 9.17) is 5.73 Å². The zero-order chi connectivity index (χ0) is 11.3. The lowest BCUT2D eigenvalue weighted by Gasteiger charge is -2.31. The van der Waals surface area contributed by atoms with Crippen LogP contribution in [0.15, 0.2) is 0 Å². The molecule has 1 aliphatic heterocycles. The van der Waals surface area contributed by atoms with Gasteiger partial charge in [0.25, 0.3) is 0 Å². The van der Waals surface area contributed by atoms with Crippen LogP contribution in [-0.4, -0.2) is 29.9 Å². The van der Waals surface area contributed by atoms with Crippen molar-refractivity contribution < 1.29 is 4.79 Å². The Morgan fingerprint density at radius 1 is 1.40 bits per heavy atom. The van der Waals surface area contributed by atoms with Crippen molar-refractivity contribution in [1.82, 2.24) is 4.90 Å². The molecule has 0 aromatic carbocycles. The summed E-state index contributed by atoms with van der Waals surface area (Å²) < 4.78 is 0. The molecule has 1 amide bonds. The van der Waals surface area contributed by atoms with Gasteiger partial charge in [0.15, 0.2) is 0 Å². The molecule has 1 unspecified atom stereocenters. The van der Waals surface area contributed by atoms with Crippen LogP contribution in [0, 0.1) is 5.92 Å². The topological polar surface area (TPSA) is 46.3 Å². The van der Waals surface area contributed by atoms with E-state index in [0.29, 0.717) is 12.0 Å². The van der Waals surface area contributed by atoms with Crippen LogP contribution in [0.25, 0.3) is 0 Å². The molecule has 3 heteroatoms. The molecule has 0 aromatic rings. The molecule has 1 atom stereocenters. The number of hydrogen-bond acceptors (Lipinski definition) is 2. The molecule has 1 rings (SSSR count). The van der Waals surface area contributed by atoms with Crippen molar-refractivity contribution in [3.8, 4) is 0 Å². The fourth-order valence-electron chi connectivity index (χ4n) is 2.41. The van der Waals surface area contributed by atoms with E-state index in [1.807, 2.05) is 4.90 Å². The SMILES string of the molecule is CC(C)CC1CCCCCN1C(=O)CN. The van der Waals surface area contributed by atoms with Crippen molar-refractivity contribution in [2.24, 2.45) is 11.7 Å². The van der Waals surface area contributed by atoms with Gasteiger partial charge in [-0.15, -0.1) is 0 Å². The highest BCUT2D eigenvalue weighted by Gasteiger charge is 2.24. The molecule has 2 N–H and O–H groups in total. The molecule has 0 radical (unpaired) electrons. The number of nitrogens with zero attached hydrogens (tertiary/aromatic N) is 1. The van der Waals surface area contributed by atoms with E-state index in [-0.39, 0.29) is 12.5 Å². The summed E-state index contributed by atoms with van der Waals surface area (Å²) in [7, 11) is 0. The lowest BCUT2D eigenvalue weighted by atomic mass is 9.99. The minimum Gasteiger partial charge on any atom is -0.339 e. The first-order valence-corrected chi connectivity index (χ1v) is 6.14. The van der Waals surface area contributed by atoms with Gasteiger partial charge in [-0.05, 0) is 25.2 Å². The normalized spacial score (nSPS) is 22.9. The molecule has 0 bridgehead atoms. The number of amides is 1. The van der Waals surface area contributed by atoms with Crippen LogP contribution in [0.2, 0.25) is 0 Å². The van der Waals surface area contributed by atoms with Crippen molar-refractivity contribution in [3.05, 3.63) is 0 Å². The molecule has 15 heavy (non-hydrogen) atoms. The van der Waals surface area contributed by atoms with E-state index in [0.717, 1.165) is 25.8 Å². The molecular weight excluding hydrogens is 188 g/mol. The van der Waals surface area contributed by atoms with Crippen LogP contribution in [0.4, 0.5) is 0 Å². The largest absolute Gasteiger partial charge is 0.339 e. The van der Waals surface area contributed by atoms with Gasteiger partial charge >= 0.3 is 0 Å². The highest BCUT2D eigenvalue weighted by atomic mass is 16.2. The molecule has 1 saturated heterocycles. The number of rotatable bonds is 3. The van der Waals surface area contributed by atoms with Crippen molar-refractivity contribution in [3.63, 3.8) is 0 Å². The lowest BCUT2D eigenvalue weighted by Crippen LogP contribution is -2.43. The number of carbonyl (C=O) groups is 1. The maximum atomic E-state index is 11.7. The van der Waals surface area contributed by atoms with E-state index < -0.39 is 0 Å². The van der Waals surface area contributed by atoms with E-state index in [1.165, 1.54) is 12.8 Å². The zero-order valence-corrected chi connectivity index (χ0v) is 10.0. The third-order valence-electron chi connectivity index (χ3n) is 3.12. The standard InChI is InChI=1S/C12H24N2O/c1-10(2)8-11-6-4-3-5-7-14(11)12(15)9-13/h10-11H,3-9,13H2,1-2H3. The van der Waals surface area contributed by atoms with Crippen LogP contribution < -0.4 is 5.73 Å². The van der Waals surface area contributed by atoms with Gasteiger partial charge in [-0.3, -0.25) is 4.79 Å². The first kappa shape index (κ1) is 12.5. The van der Waals surface area contributed by atoms with Crippen LogP contribution in [-0.2, 0) is 4.79 Å². The molecule has 0 saturated carbocycles. The van der Waals surface area contributed by atoms with Crippen LogP contribution in [0.3, 0.4) is 0 Å². The third-order valence-corrected chi connectivity index (χ3v) is 3.12. The minimum atomic E-state index is 0.127. The molecule has 1 fully saturated rings. The summed E-state index contributed by atoms with van der Waals surface area (Å²) in [5, 5.41) is 0. The van der Waals surface area contributed by atoms with Crippen molar-refractivity contribution >= 4 is 5.91 Å². The Hall–Kier alpha value is -0.570. The predicted octanol–water partition coefficient (Wildman–Crippen LogP) is 1.76. The Balaban J connectivity index is 2.62. The molecule has 1 heterocycles. The number of likely N-dealkylation sites (tertiary alicyclic amines) is 1. The first-order chi connectivity index (χ1) is 7.15. The summed E-state index contributed by atoms with van der Waals surface area (Å²) in [6.45, 7) is 5.51. The maximum absolute atomic E-state index is 11.7. The molecular formula is C12H24N2O. The summed E-state index contributed by atoms with van der Waals surface area (Å²) >= 11 is 0. The second-order valence-electron chi connectivity index (χ2n) is 4.92. The van der Waals surface area contributed by atoms with Crippen molar-refractivity contribution in [2.45, 2.75) is 52.0 Å². The molecule has 1 aliphatic rings. The number of hydrogen-bond donors (Lipinski definition) is 1. The van der Waals surface area contributed by atoms with E-state index >= 15 is 0 Å². The Labute approximate surface area is 93.0 Å². The lowest BCUT2D eigenvalue weighted by molar-refractivity contribution is -0.132. The third kappa shape index (κ3) is 3.82. The smallest absolute Gasteiger partial charge is 0.236 e. The first-order valence-electron chi connectivity index (χ1n) is 6.14. The second-order valence-corrected chi connectivity index (χ2v) is 4.92. The quantitative estimate of drug-likeness (QED) is 0.775. The summed E-state index contributed by atoms with van der Waals surface area (Å²) in [5.41, 5.74) is 5.46. The van der Waals surface area contributed by atoms with Gasteiger partial charge in [-0.1, -0.05) is 26.7 Å². The van der Waals surface area contributed by atoms with Gasteiger partial charge in [0.1, 0.15) is 0 Å². The fraction of sp³-hybridized carbons (Fsp3) is 0.917. The highest BCUT2D eigenvalue weighted by molar-refractivity contribution is 5.78. The van der Waals surface area contributed by atoms with E-state index in [9.17, 15) is 4.79 Å². The van der Waals surface area contributed by atoms with Crippen LogP contribution in [0.5, 0.6) is 0 Å². The average Bonchev–Trinajstić information content (AvgIpc) is 2.41. The van der Waals surface area contributed by atoms with Gasteiger partial charge in [-0.2, -0.15) is 0 Å². The Bertz CT molecular complexity index is 204. The van der Waals surface area contributed by atoms with Gasteiger partial charge in [0.05, 0.1) is 6.54 Å². The summed E-state index contributed by atoms with van der Waals surface area (Å²) in [4.78, 5) is 13.7. The van der Waals surface area contributed by atoms with Crippen LogP contribution >= 0.6 is 0 Å². The van der Waals surface area contributed by atoms with Crippen molar-refractivity contribution in [2.75, 3.05) is 13.1 Å². The fourth-order valence-corrected chi connectivity index (χ4v) is 2.41. The molecule has 0 aliphatic carbocycles. The number of carbonyl (C=O) groups excluding carboxylic acids is 1. The van der Waals surface area contributed by atoms with Gasteiger partial charge in [0, 0.05) is 12.6 Å². The summed E-state index contributed by atoms with van der Waals surface area (Å²) in [5.74, 6) is 0.781. The van der Waals surface area contributed by atoms with Gasteiger partial charge in [-0.25, -0.2) is 0 Å². The molecule has 88 valence electrons.